The van der Waals surface area contributed by atoms with E-state index >= 15 is 0 Å². The molecule has 0 spiro atoms. The maximum absolute atomic E-state index is 11.7. The highest BCUT2D eigenvalue weighted by Crippen LogP contribution is 2.18. The van der Waals surface area contributed by atoms with E-state index in [1.54, 1.807) is 32.2 Å². The molecule has 0 aromatic heterocycles. The van der Waals surface area contributed by atoms with Gasteiger partial charge >= 0.3 is 5.97 Å². The predicted octanol–water partition coefficient (Wildman–Crippen LogP) is 2.31. The predicted molar refractivity (Wildman–Crippen MR) is 86.6 cm³/mol. The third-order valence-corrected chi connectivity index (χ3v) is 3.10. The van der Waals surface area contributed by atoms with Gasteiger partial charge in [0, 0.05) is 19.0 Å². The summed E-state index contributed by atoms with van der Waals surface area (Å²) in [6.45, 7) is 2.75. The number of carbonyl (C=O) groups is 2. The Labute approximate surface area is 137 Å². The van der Waals surface area contributed by atoms with Gasteiger partial charge in [-0.3, -0.25) is 9.59 Å². The van der Waals surface area contributed by atoms with Crippen LogP contribution in [0.2, 0.25) is 0 Å². The molecular weight excluding hydrogens is 298 g/mol. The Hall–Kier alpha value is -2.24. The van der Waals surface area contributed by atoms with Gasteiger partial charge in [-0.05, 0) is 31.9 Å². The van der Waals surface area contributed by atoms with Crippen molar-refractivity contribution in [3.63, 3.8) is 0 Å². The number of hydrogen-bond donors (Lipinski definition) is 1. The van der Waals surface area contributed by atoms with Crippen LogP contribution in [0.4, 0.5) is 0 Å². The molecule has 0 fully saturated rings. The molecule has 0 heterocycles. The van der Waals surface area contributed by atoms with Crippen LogP contribution in [-0.4, -0.2) is 38.7 Å². The topological polar surface area (TPSA) is 73.9 Å². The average molecular weight is 323 g/mol. The minimum atomic E-state index is -0.168. The lowest BCUT2D eigenvalue weighted by atomic mass is 10.2. The van der Waals surface area contributed by atoms with Gasteiger partial charge < -0.3 is 19.5 Å². The fraction of sp³-hybridized carbons (Fsp3) is 0.529. The Bertz CT molecular complexity index is 490. The van der Waals surface area contributed by atoms with Crippen molar-refractivity contribution in [1.29, 1.82) is 0 Å². The highest BCUT2D eigenvalue weighted by atomic mass is 16.5. The molecule has 1 aromatic carbocycles. The summed E-state index contributed by atoms with van der Waals surface area (Å²) in [5.74, 6) is 0.944. The molecule has 6 heteroatoms. The Morgan fingerprint density at radius 1 is 1.13 bits per heavy atom. The maximum atomic E-state index is 11.7. The third-order valence-electron chi connectivity index (χ3n) is 3.10. The number of hydrogen-bond acceptors (Lipinski definition) is 5. The van der Waals surface area contributed by atoms with Crippen molar-refractivity contribution < 1.29 is 23.8 Å². The standard InChI is InChI=1S/C17H25NO5/c1-3-22-17(20)10-5-4-6-11-18-16(19)13-23-15-9-7-8-14(12-15)21-2/h7-9,12H,3-6,10-11,13H2,1-2H3,(H,18,19). The normalized spacial score (nSPS) is 10.0. The number of amides is 1. The number of esters is 1. The molecule has 1 amide bonds. The average Bonchev–Trinajstić information content (AvgIpc) is 2.56. The number of unbranched alkanes of at least 4 members (excludes halogenated alkanes) is 2. The van der Waals surface area contributed by atoms with Crippen molar-refractivity contribution in [2.24, 2.45) is 0 Å². The fourth-order valence-electron chi connectivity index (χ4n) is 1.92. The zero-order valence-corrected chi connectivity index (χ0v) is 13.8. The molecule has 6 nitrogen and oxygen atoms in total. The quantitative estimate of drug-likeness (QED) is 0.500. The van der Waals surface area contributed by atoms with Crippen LogP contribution in [0.1, 0.15) is 32.6 Å². The van der Waals surface area contributed by atoms with E-state index < -0.39 is 0 Å². The van der Waals surface area contributed by atoms with Crippen LogP contribution in [0.25, 0.3) is 0 Å². The van der Waals surface area contributed by atoms with E-state index in [1.807, 2.05) is 6.07 Å². The number of benzene rings is 1. The van der Waals surface area contributed by atoms with Crippen molar-refractivity contribution >= 4 is 11.9 Å². The van der Waals surface area contributed by atoms with Crippen LogP contribution < -0.4 is 14.8 Å². The fourth-order valence-corrected chi connectivity index (χ4v) is 1.92. The van der Waals surface area contributed by atoms with E-state index in [4.69, 9.17) is 14.2 Å². The van der Waals surface area contributed by atoms with Gasteiger partial charge in [0.15, 0.2) is 6.61 Å². The molecular formula is C17H25NO5. The number of nitrogens with one attached hydrogen (secondary N) is 1. The summed E-state index contributed by atoms with van der Waals surface area (Å²) in [6.07, 6.45) is 2.90. The summed E-state index contributed by atoms with van der Waals surface area (Å²) >= 11 is 0. The van der Waals surface area contributed by atoms with Gasteiger partial charge in [-0.25, -0.2) is 0 Å². The second-order valence-corrected chi connectivity index (χ2v) is 4.93. The molecule has 1 N–H and O–H groups in total. The van der Waals surface area contributed by atoms with Crippen molar-refractivity contribution in [3.8, 4) is 11.5 Å². The molecule has 0 saturated carbocycles. The molecule has 0 aliphatic rings. The second kappa shape index (κ2) is 11.3. The van der Waals surface area contributed by atoms with Crippen LogP contribution in [0.15, 0.2) is 24.3 Å². The lowest BCUT2D eigenvalue weighted by Gasteiger charge is -2.08. The number of carbonyl (C=O) groups excluding carboxylic acids is 2. The second-order valence-electron chi connectivity index (χ2n) is 4.93. The van der Waals surface area contributed by atoms with Gasteiger partial charge in [-0.2, -0.15) is 0 Å². The van der Waals surface area contributed by atoms with Gasteiger partial charge in [0.05, 0.1) is 13.7 Å². The van der Waals surface area contributed by atoms with E-state index in [0.717, 1.165) is 19.3 Å². The molecule has 0 atom stereocenters. The lowest BCUT2D eigenvalue weighted by Crippen LogP contribution is -2.29. The largest absolute Gasteiger partial charge is 0.497 e. The molecule has 128 valence electrons. The van der Waals surface area contributed by atoms with Gasteiger partial charge in [0.2, 0.25) is 0 Å². The van der Waals surface area contributed by atoms with Crippen LogP contribution in [0.3, 0.4) is 0 Å². The van der Waals surface area contributed by atoms with Gasteiger partial charge in [0.1, 0.15) is 11.5 Å². The molecule has 1 aromatic rings. The van der Waals surface area contributed by atoms with Gasteiger partial charge in [0.25, 0.3) is 5.91 Å². The first-order valence-corrected chi connectivity index (χ1v) is 7.85. The maximum Gasteiger partial charge on any atom is 0.305 e. The summed E-state index contributed by atoms with van der Waals surface area (Å²) in [7, 11) is 1.58. The van der Waals surface area contributed by atoms with E-state index in [1.165, 1.54) is 0 Å². The molecule has 0 unspecified atom stereocenters. The number of methoxy groups -OCH3 is 1. The van der Waals surface area contributed by atoms with Gasteiger partial charge in [-0.1, -0.05) is 12.5 Å². The van der Waals surface area contributed by atoms with Crippen molar-refractivity contribution in [2.45, 2.75) is 32.6 Å². The Balaban J connectivity index is 2.07. The minimum Gasteiger partial charge on any atom is -0.497 e. The van der Waals surface area contributed by atoms with E-state index in [2.05, 4.69) is 5.32 Å². The van der Waals surface area contributed by atoms with Crippen LogP contribution in [-0.2, 0) is 14.3 Å². The zero-order valence-electron chi connectivity index (χ0n) is 13.8. The highest BCUT2D eigenvalue weighted by Gasteiger charge is 2.04. The highest BCUT2D eigenvalue weighted by molar-refractivity contribution is 5.77. The molecule has 0 aliphatic carbocycles. The smallest absolute Gasteiger partial charge is 0.305 e. The first-order valence-electron chi connectivity index (χ1n) is 7.85. The van der Waals surface area contributed by atoms with Crippen molar-refractivity contribution in [3.05, 3.63) is 24.3 Å². The molecule has 0 aliphatic heterocycles. The first kappa shape index (κ1) is 18.8. The third kappa shape index (κ3) is 8.70. The van der Waals surface area contributed by atoms with Crippen LogP contribution >= 0.6 is 0 Å². The van der Waals surface area contributed by atoms with Crippen molar-refractivity contribution in [1.82, 2.24) is 5.32 Å². The summed E-state index contributed by atoms with van der Waals surface area (Å²) in [5, 5.41) is 2.78. The number of ether oxygens (including phenoxy) is 3. The molecule has 1 rings (SSSR count). The Morgan fingerprint density at radius 2 is 1.91 bits per heavy atom. The van der Waals surface area contributed by atoms with E-state index in [9.17, 15) is 9.59 Å². The van der Waals surface area contributed by atoms with Crippen LogP contribution in [0.5, 0.6) is 11.5 Å². The molecule has 0 radical (unpaired) electrons. The van der Waals surface area contributed by atoms with E-state index in [0.29, 0.717) is 31.1 Å². The number of rotatable bonds is 11. The molecule has 0 saturated heterocycles. The Morgan fingerprint density at radius 3 is 2.65 bits per heavy atom. The first-order chi connectivity index (χ1) is 11.2. The molecule has 23 heavy (non-hydrogen) atoms. The summed E-state index contributed by atoms with van der Waals surface area (Å²) < 4.78 is 15.3. The summed E-state index contributed by atoms with van der Waals surface area (Å²) in [4.78, 5) is 22.8. The van der Waals surface area contributed by atoms with E-state index in [-0.39, 0.29) is 18.5 Å². The summed E-state index contributed by atoms with van der Waals surface area (Å²) in [5.41, 5.74) is 0. The minimum absolute atomic E-state index is 0.0318. The van der Waals surface area contributed by atoms with Gasteiger partial charge in [-0.15, -0.1) is 0 Å². The monoisotopic (exact) mass is 323 g/mol. The van der Waals surface area contributed by atoms with Crippen LogP contribution in [0, 0.1) is 0 Å². The SMILES string of the molecule is CCOC(=O)CCCCCNC(=O)COc1cccc(OC)c1. The Kier molecular flexibility index (Phi) is 9.28. The lowest BCUT2D eigenvalue weighted by molar-refractivity contribution is -0.143. The zero-order chi connectivity index (χ0) is 16.9. The summed E-state index contributed by atoms with van der Waals surface area (Å²) in [6, 6.07) is 7.10. The molecule has 0 bridgehead atoms. The van der Waals surface area contributed by atoms with Crippen molar-refractivity contribution in [2.75, 3.05) is 26.9 Å².